The van der Waals surface area contributed by atoms with Crippen LogP contribution < -0.4 is 10.2 Å². The number of likely N-dealkylation sites (N-methyl/N-ethyl adjacent to an activating group) is 1. The molecule has 21 heavy (non-hydrogen) atoms. The minimum atomic E-state index is 0.134. The number of hydrogen-bond acceptors (Lipinski definition) is 2. The van der Waals surface area contributed by atoms with Crippen LogP contribution in [0.1, 0.15) is 51.5 Å². The normalized spacial score (nSPS) is 15.0. The average Bonchev–Trinajstić information content (AvgIpc) is 2.55. The van der Waals surface area contributed by atoms with Crippen molar-refractivity contribution < 1.29 is 4.79 Å². The fourth-order valence-electron chi connectivity index (χ4n) is 2.57. The molecule has 1 aromatic rings. The van der Waals surface area contributed by atoms with Crippen molar-refractivity contribution in [3.8, 4) is 0 Å². The SMILES string of the molecule is CC.Cc1ccc(N(C)C(=O)CNC2CCCCC2)cc1. The van der Waals surface area contributed by atoms with E-state index in [4.69, 9.17) is 0 Å². The van der Waals surface area contributed by atoms with Crippen LogP contribution in [0.4, 0.5) is 5.69 Å². The van der Waals surface area contributed by atoms with Gasteiger partial charge in [0.15, 0.2) is 0 Å². The highest BCUT2D eigenvalue weighted by Gasteiger charge is 2.16. The molecule has 1 aliphatic carbocycles. The number of carbonyl (C=O) groups excluding carboxylic acids is 1. The Morgan fingerprint density at radius 2 is 1.71 bits per heavy atom. The van der Waals surface area contributed by atoms with Crippen LogP contribution in [0.15, 0.2) is 24.3 Å². The van der Waals surface area contributed by atoms with Gasteiger partial charge in [0.25, 0.3) is 0 Å². The predicted molar refractivity (Wildman–Crippen MR) is 90.8 cm³/mol. The van der Waals surface area contributed by atoms with Crippen molar-refractivity contribution in [3.05, 3.63) is 29.8 Å². The van der Waals surface area contributed by atoms with E-state index in [1.165, 1.54) is 37.7 Å². The Labute approximate surface area is 129 Å². The molecule has 1 aliphatic rings. The van der Waals surface area contributed by atoms with Crippen LogP contribution in [-0.4, -0.2) is 25.5 Å². The number of aryl methyl sites for hydroxylation is 1. The average molecular weight is 290 g/mol. The molecule has 1 saturated carbocycles. The van der Waals surface area contributed by atoms with E-state index in [0.29, 0.717) is 12.6 Å². The van der Waals surface area contributed by atoms with Gasteiger partial charge in [0.05, 0.1) is 6.54 Å². The van der Waals surface area contributed by atoms with E-state index < -0.39 is 0 Å². The molecule has 0 bridgehead atoms. The minimum absolute atomic E-state index is 0.134. The van der Waals surface area contributed by atoms with Crippen LogP contribution >= 0.6 is 0 Å². The molecule has 1 fully saturated rings. The van der Waals surface area contributed by atoms with Crippen molar-refractivity contribution in [1.29, 1.82) is 0 Å². The second-order valence-electron chi connectivity index (χ2n) is 5.50. The summed E-state index contributed by atoms with van der Waals surface area (Å²) >= 11 is 0. The molecule has 0 atom stereocenters. The van der Waals surface area contributed by atoms with Crippen LogP contribution in [0.2, 0.25) is 0 Å². The van der Waals surface area contributed by atoms with Gasteiger partial charge in [0.1, 0.15) is 0 Å². The molecule has 1 N–H and O–H groups in total. The Morgan fingerprint density at radius 1 is 1.14 bits per heavy atom. The number of benzene rings is 1. The quantitative estimate of drug-likeness (QED) is 0.912. The van der Waals surface area contributed by atoms with Crippen molar-refractivity contribution in [2.75, 3.05) is 18.5 Å². The summed E-state index contributed by atoms with van der Waals surface area (Å²) in [5.41, 5.74) is 2.17. The van der Waals surface area contributed by atoms with Crippen molar-refractivity contribution in [2.45, 2.75) is 58.9 Å². The monoisotopic (exact) mass is 290 g/mol. The van der Waals surface area contributed by atoms with Gasteiger partial charge in [-0.1, -0.05) is 50.8 Å². The van der Waals surface area contributed by atoms with Crippen molar-refractivity contribution >= 4 is 11.6 Å². The van der Waals surface area contributed by atoms with E-state index in [-0.39, 0.29) is 5.91 Å². The van der Waals surface area contributed by atoms with E-state index >= 15 is 0 Å². The maximum absolute atomic E-state index is 12.1. The van der Waals surface area contributed by atoms with E-state index in [9.17, 15) is 4.79 Å². The summed E-state index contributed by atoms with van der Waals surface area (Å²) in [5, 5.41) is 3.39. The van der Waals surface area contributed by atoms with Gasteiger partial charge in [0, 0.05) is 18.8 Å². The largest absolute Gasteiger partial charge is 0.314 e. The van der Waals surface area contributed by atoms with Crippen LogP contribution in [0, 0.1) is 6.92 Å². The number of amides is 1. The Hall–Kier alpha value is -1.35. The van der Waals surface area contributed by atoms with Crippen LogP contribution in [0.3, 0.4) is 0 Å². The highest BCUT2D eigenvalue weighted by Crippen LogP contribution is 2.17. The maximum Gasteiger partial charge on any atom is 0.240 e. The summed E-state index contributed by atoms with van der Waals surface area (Å²) in [6.45, 7) is 6.49. The Bertz CT molecular complexity index is 408. The van der Waals surface area contributed by atoms with Crippen LogP contribution in [-0.2, 0) is 4.79 Å². The zero-order valence-corrected chi connectivity index (χ0v) is 14.0. The smallest absolute Gasteiger partial charge is 0.240 e. The van der Waals surface area contributed by atoms with Gasteiger partial charge < -0.3 is 10.2 Å². The van der Waals surface area contributed by atoms with Gasteiger partial charge >= 0.3 is 0 Å². The fourth-order valence-corrected chi connectivity index (χ4v) is 2.57. The third-order valence-corrected chi connectivity index (χ3v) is 3.94. The summed E-state index contributed by atoms with van der Waals surface area (Å²) in [4.78, 5) is 13.9. The van der Waals surface area contributed by atoms with Gasteiger partial charge in [-0.3, -0.25) is 4.79 Å². The molecule has 1 amide bonds. The molecule has 0 unspecified atom stereocenters. The molecule has 118 valence electrons. The molecular weight excluding hydrogens is 260 g/mol. The standard InChI is InChI=1S/C16H24N2O.C2H6/c1-13-8-10-15(11-9-13)18(2)16(19)12-17-14-6-4-3-5-7-14;1-2/h8-11,14,17H,3-7,12H2,1-2H3;1-2H3. The topological polar surface area (TPSA) is 32.3 Å². The van der Waals surface area contributed by atoms with E-state index in [1.54, 1.807) is 4.90 Å². The van der Waals surface area contributed by atoms with Gasteiger partial charge in [-0.25, -0.2) is 0 Å². The van der Waals surface area contributed by atoms with E-state index in [1.807, 2.05) is 45.2 Å². The molecule has 0 aliphatic heterocycles. The second kappa shape index (κ2) is 9.56. The number of nitrogens with one attached hydrogen (secondary N) is 1. The van der Waals surface area contributed by atoms with Gasteiger partial charge in [-0.2, -0.15) is 0 Å². The van der Waals surface area contributed by atoms with Gasteiger partial charge in [-0.15, -0.1) is 0 Å². The maximum atomic E-state index is 12.1. The lowest BCUT2D eigenvalue weighted by Gasteiger charge is -2.24. The highest BCUT2D eigenvalue weighted by molar-refractivity contribution is 5.94. The molecular formula is C18H30N2O. The first-order chi connectivity index (χ1) is 10.2. The van der Waals surface area contributed by atoms with Gasteiger partial charge in [0.2, 0.25) is 5.91 Å². The number of rotatable bonds is 4. The predicted octanol–water partition coefficient (Wildman–Crippen LogP) is 3.91. The molecule has 3 nitrogen and oxygen atoms in total. The van der Waals surface area contributed by atoms with Crippen molar-refractivity contribution in [3.63, 3.8) is 0 Å². The third kappa shape index (κ3) is 5.88. The second-order valence-corrected chi connectivity index (χ2v) is 5.50. The zero-order valence-electron chi connectivity index (χ0n) is 14.0. The lowest BCUT2D eigenvalue weighted by atomic mass is 9.95. The van der Waals surface area contributed by atoms with Crippen LogP contribution in [0.25, 0.3) is 0 Å². The first-order valence-electron chi connectivity index (χ1n) is 8.23. The summed E-state index contributed by atoms with van der Waals surface area (Å²) < 4.78 is 0. The Kier molecular flexibility index (Phi) is 8.06. The number of anilines is 1. The molecule has 1 aromatic carbocycles. The van der Waals surface area contributed by atoms with Gasteiger partial charge in [-0.05, 0) is 31.9 Å². The first-order valence-corrected chi connectivity index (χ1v) is 8.23. The zero-order chi connectivity index (χ0) is 15.7. The first kappa shape index (κ1) is 17.7. The minimum Gasteiger partial charge on any atom is -0.314 e. The van der Waals surface area contributed by atoms with E-state index in [2.05, 4.69) is 12.2 Å². The third-order valence-electron chi connectivity index (χ3n) is 3.94. The lowest BCUT2D eigenvalue weighted by Crippen LogP contribution is -2.40. The number of hydrogen-bond donors (Lipinski definition) is 1. The summed E-state index contributed by atoms with van der Waals surface area (Å²) in [6, 6.07) is 8.59. The number of carbonyl (C=O) groups is 1. The van der Waals surface area contributed by atoms with E-state index in [0.717, 1.165) is 5.69 Å². The summed E-state index contributed by atoms with van der Waals surface area (Å²) in [7, 11) is 1.84. The lowest BCUT2D eigenvalue weighted by molar-refractivity contribution is -0.117. The highest BCUT2D eigenvalue weighted by atomic mass is 16.2. The molecule has 0 spiro atoms. The fraction of sp³-hybridized carbons (Fsp3) is 0.611. The summed E-state index contributed by atoms with van der Waals surface area (Å²) in [6.07, 6.45) is 6.35. The molecule has 0 aromatic heterocycles. The summed E-state index contributed by atoms with van der Waals surface area (Å²) in [5.74, 6) is 0.134. The Balaban J connectivity index is 0.00000106. The molecule has 0 saturated heterocycles. The molecule has 0 heterocycles. The molecule has 3 heteroatoms. The van der Waals surface area contributed by atoms with Crippen molar-refractivity contribution in [1.82, 2.24) is 5.32 Å². The molecule has 2 rings (SSSR count). The Morgan fingerprint density at radius 3 is 2.29 bits per heavy atom. The van der Waals surface area contributed by atoms with Crippen LogP contribution in [0.5, 0.6) is 0 Å². The number of nitrogens with zero attached hydrogens (tertiary/aromatic N) is 1. The van der Waals surface area contributed by atoms with Crippen molar-refractivity contribution in [2.24, 2.45) is 0 Å². The molecule has 0 radical (unpaired) electrons.